The second-order valence-electron chi connectivity index (χ2n) is 4.51. The summed E-state index contributed by atoms with van der Waals surface area (Å²) in [6, 6.07) is 15.0. The SMILES string of the molecule is CCN(C(=O)c1cccc(N)c1)c1cccc(C)c1. The monoisotopic (exact) mass is 254 g/mol. The van der Waals surface area contributed by atoms with Gasteiger partial charge in [-0.05, 0) is 49.7 Å². The van der Waals surface area contributed by atoms with Gasteiger partial charge in [0.1, 0.15) is 0 Å². The van der Waals surface area contributed by atoms with Crippen molar-refractivity contribution >= 4 is 17.3 Å². The summed E-state index contributed by atoms with van der Waals surface area (Å²) in [6.45, 7) is 4.60. The summed E-state index contributed by atoms with van der Waals surface area (Å²) in [4.78, 5) is 14.3. The molecule has 19 heavy (non-hydrogen) atoms. The predicted molar refractivity (Wildman–Crippen MR) is 79.4 cm³/mol. The van der Waals surface area contributed by atoms with Crippen molar-refractivity contribution in [2.24, 2.45) is 0 Å². The molecule has 0 atom stereocenters. The van der Waals surface area contributed by atoms with Crippen LogP contribution in [0, 0.1) is 6.92 Å². The number of hydrogen-bond acceptors (Lipinski definition) is 2. The molecule has 2 aromatic rings. The Morgan fingerprint density at radius 3 is 2.53 bits per heavy atom. The first-order valence-corrected chi connectivity index (χ1v) is 6.36. The van der Waals surface area contributed by atoms with E-state index in [1.807, 2.05) is 38.1 Å². The Labute approximate surface area is 113 Å². The second kappa shape index (κ2) is 5.57. The molecular weight excluding hydrogens is 236 g/mol. The zero-order valence-corrected chi connectivity index (χ0v) is 11.3. The van der Waals surface area contributed by atoms with Gasteiger partial charge in [0, 0.05) is 23.5 Å². The van der Waals surface area contributed by atoms with E-state index in [2.05, 4.69) is 0 Å². The highest BCUT2D eigenvalue weighted by atomic mass is 16.2. The summed E-state index contributed by atoms with van der Waals surface area (Å²) in [7, 11) is 0. The molecule has 0 aliphatic rings. The lowest BCUT2D eigenvalue weighted by atomic mass is 10.1. The molecular formula is C16H18N2O. The summed E-state index contributed by atoms with van der Waals surface area (Å²) in [5.74, 6) is -0.0274. The second-order valence-corrected chi connectivity index (χ2v) is 4.51. The smallest absolute Gasteiger partial charge is 0.258 e. The van der Waals surface area contributed by atoms with Crippen LogP contribution in [0.1, 0.15) is 22.8 Å². The number of benzene rings is 2. The minimum absolute atomic E-state index is 0.0274. The maximum Gasteiger partial charge on any atom is 0.258 e. The molecule has 0 heterocycles. The van der Waals surface area contributed by atoms with Crippen LogP contribution in [0.25, 0.3) is 0 Å². The van der Waals surface area contributed by atoms with E-state index in [4.69, 9.17) is 5.73 Å². The number of carbonyl (C=O) groups excluding carboxylic acids is 1. The number of amides is 1. The fourth-order valence-corrected chi connectivity index (χ4v) is 2.07. The van der Waals surface area contributed by atoms with Gasteiger partial charge in [0.25, 0.3) is 5.91 Å². The third kappa shape index (κ3) is 2.94. The Kier molecular flexibility index (Phi) is 3.85. The van der Waals surface area contributed by atoms with Crippen molar-refractivity contribution in [3.63, 3.8) is 0 Å². The summed E-state index contributed by atoms with van der Waals surface area (Å²) in [5.41, 5.74) is 8.99. The third-order valence-corrected chi connectivity index (χ3v) is 3.01. The van der Waals surface area contributed by atoms with Crippen LogP contribution in [-0.4, -0.2) is 12.5 Å². The van der Waals surface area contributed by atoms with Crippen molar-refractivity contribution in [3.05, 3.63) is 59.7 Å². The van der Waals surface area contributed by atoms with Gasteiger partial charge in [0.15, 0.2) is 0 Å². The first kappa shape index (κ1) is 13.1. The quantitative estimate of drug-likeness (QED) is 0.855. The van der Waals surface area contributed by atoms with E-state index in [1.54, 1.807) is 29.2 Å². The molecule has 0 unspecified atom stereocenters. The minimum atomic E-state index is -0.0274. The highest BCUT2D eigenvalue weighted by Crippen LogP contribution is 2.19. The van der Waals surface area contributed by atoms with E-state index >= 15 is 0 Å². The molecule has 1 amide bonds. The topological polar surface area (TPSA) is 46.3 Å². The minimum Gasteiger partial charge on any atom is -0.399 e. The molecule has 0 aromatic heterocycles. The first-order valence-electron chi connectivity index (χ1n) is 6.36. The molecule has 2 N–H and O–H groups in total. The lowest BCUT2D eigenvalue weighted by Crippen LogP contribution is -2.30. The van der Waals surface area contributed by atoms with Gasteiger partial charge in [-0.3, -0.25) is 4.79 Å². The largest absolute Gasteiger partial charge is 0.399 e. The van der Waals surface area contributed by atoms with Gasteiger partial charge in [-0.15, -0.1) is 0 Å². The van der Waals surface area contributed by atoms with Crippen LogP contribution in [0.2, 0.25) is 0 Å². The third-order valence-electron chi connectivity index (χ3n) is 3.01. The highest BCUT2D eigenvalue weighted by molar-refractivity contribution is 6.06. The Morgan fingerprint density at radius 1 is 1.16 bits per heavy atom. The molecule has 98 valence electrons. The van der Waals surface area contributed by atoms with Crippen molar-refractivity contribution in [2.75, 3.05) is 17.2 Å². The summed E-state index contributed by atoms with van der Waals surface area (Å²) in [6.07, 6.45) is 0. The van der Waals surface area contributed by atoms with Crippen LogP contribution < -0.4 is 10.6 Å². The van der Waals surface area contributed by atoms with E-state index in [0.717, 1.165) is 11.3 Å². The van der Waals surface area contributed by atoms with Crippen molar-refractivity contribution in [2.45, 2.75) is 13.8 Å². The molecule has 2 rings (SSSR count). The van der Waals surface area contributed by atoms with Crippen molar-refractivity contribution in [1.82, 2.24) is 0 Å². The molecule has 0 saturated carbocycles. The Morgan fingerprint density at radius 2 is 1.89 bits per heavy atom. The summed E-state index contributed by atoms with van der Waals surface area (Å²) in [5, 5.41) is 0. The molecule has 0 aliphatic heterocycles. The van der Waals surface area contributed by atoms with Gasteiger partial charge in [-0.25, -0.2) is 0 Å². The maximum atomic E-state index is 12.5. The van der Waals surface area contributed by atoms with Crippen LogP contribution in [0.5, 0.6) is 0 Å². The zero-order chi connectivity index (χ0) is 13.8. The average molecular weight is 254 g/mol. The Balaban J connectivity index is 2.34. The van der Waals surface area contributed by atoms with Crippen LogP contribution >= 0.6 is 0 Å². The van der Waals surface area contributed by atoms with E-state index in [1.165, 1.54) is 0 Å². The fraction of sp³-hybridized carbons (Fsp3) is 0.188. The zero-order valence-electron chi connectivity index (χ0n) is 11.3. The lowest BCUT2D eigenvalue weighted by Gasteiger charge is -2.21. The van der Waals surface area contributed by atoms with Gasteiger partial charge >= 0.3 is 0 Å². The number of nitrogens with two attached hydrogens (primary N) is 1. The number of nitrogen functional groups attached to an aromatic ring is 1. The molecule has 3 heteroatoms. The van der Waals surface area contributed by atoms with Gasteiger partial charge in [-0.1, -0.05) is 18.2 Å². The average Bonchev–Trinajstić information content (AvgIpc) is 2.39. The summed E-state index contributed by atoms with van der Waals surface area (Å²) < 4.78 is 0. The highest BCUT2D eigenvalue weighted by Gasteiger charge is 2.16. The van der Waals surface area contributed by atoms with Crippen LogP contribution in [0.3, 0.4) is 0 Å². The number of nitrogens with zero attached hydrogens (tertiary/aromatic N) is 1. The number of hydrogen-bond donors (Lipinski definition) is 1. The predicted octanol–water partition coefficient (Wildman–Crippen LogP) is 3.24. The van der Waals surface area contributed by atoms with Crippen LogP contribution in [0.4, 0.5) is 11.4 Å². The van der Waals surface area contributed by atoms with Gasteiger partial charge in [0.2, 0.25) is 0 Å². The van der Waals surface area contributed by atoms with Crippen molar-refractivity contribution in [3.8, 4) is 0 Å². The van der Waals surface area contributed by atoms with Crippen LogP contribution in [0.15, 0.2) is 48.5 Å². The van der Waals surface area contributed by atoms with Crippen LogP contribution in [-0.2, 0) is 0 Å². The molecule has 0 saturated heterocycles. The molecule has 0 bridgehead atoms. The molecule has 0 spiro atoms. The van der Waals surface area contributed by atoms with Crippen molar-refractivity contribution in [1.29, 1.82) is 0 Å². The van der Waals surface area contributed by atoms with E-state index < -0.39 is 0 Å². The van der Waals surface area contributed by atoms with Crippen molar-refractivity contribution < 1.29 is 4.79 Å². The number of carbonyl (C=O) groups is 1. The summed E-state index contributed by atoms with van der Waals surface area (Å²) >= 11 is 0. The first-order chi connectivity index (χ1) is 9.11. The van der Waals surface area contributed by atoms with E-state index in [0.29, 0.717) is 17.8 Å². The standard InChI is InChI=1S/C16H18N2O/c1-3-18(15-9-4-6-12(2)10-15)16(19)13-7-5-8-14(17)11-13/h4-11H,3,17H2,1-2H3. The van der Waals surface area contributed by atoms with E-state index in [-0.39, 0.29) is 5.91 Å². The molecule has 2 aromatic carbocycles. The number of rotatable bonds is 3. The molecule has 3 nitrogen and oxygen atoms in total. The number of aryl methyl sites for hydroxylation is 1. The molecule has 0 aliphatic carbocycles. The lowest BCUT2D eigenvalue weighted by molar-refractivity contribution is 0.0988. The normalized spacial score (nSPS) is 10.2. The number of anilines is 2. The Hall–Kier alpha value is -2.29. The Bertz CT molecular complexity index is 593. The maximum absolute atomic E-state index is 12.5. The van der Waals surface area contributed by atoms with Gasteiger partial charge in [-0.2, -0.15) is 0 Å². The fourth-order valence-electron chi connectivity index (χ4n) is 2.07. The van der Waals surface area contributed by atoms with E-state index in [9.17, 15) is 4.79 Å². The molecule has 0 fully saturated rings. The van der Waals surface area contributed by atoms with Gasteiger partial charge in [0.05, 0.1) is 0 Å². The van der Waals surface area contributed by atoms with Gasteiger partial charge < -0.3 is 10.6 Å². The molecule has 0 radical (unpaired) electrons.